The maximum atomic E-state index is 2.55. The topological polar surface area (TPSA) is 3.24 Å². The number of aryl methyl sites for hydroxylation is 1. The second kappa shape index (κ2) is 13.9. The highest BCUT2D eigenvalue weighted by molar-refractivity contribution is 5.98. The Bertz CT molecular complexity index is 3290. The Morgan fingerprint density at radius 2 is 0.797 bits per heavy atom. The van der Waals surface area contributed by atoms with Gasteiger partial charge in [0, 0.05) is 22.4 Å². The van der Waals surface area contributed by atoms with Crippen molar-refractivity contribution in [2.45, 2.75) is 57.8 Å². The van der Waals surface area contributed by atoms with Gasteiger partial charge in [0.05, 0.1) is 11.1 Å². The molecule has 0 aromatic heterocycles. The monoisotopic (exact) mass is 821 g/mol. The van der Waals surface area contributed by atoms with Crippen molar-refractivity contribution >= 4 is 17.1 Å². The summed E-state index contributed by atoms with van der Waals surface area (Å²) in [6.07, 6.45) is 0. The van der Waals surface area contributed by atoms with Gasteiger partial charge in [-0.05, 0) is 143 Å². The molecule has 9 aromatic carbocycles. The van der Waals surface area contributed by atoms with Gasteiger partial charge in [0.25, 0.3) is 0 Å². The molecule has 0 saturated heterocycles. The zero-order chi connectivity index (χ0) is 43.5. The minimum absolute atomic E-state index is 0.0828. The molecule has 0 bridgehead atoms. The van der Waals surface area contributed by atoms with Crippen LogP contribution < -0.4 is 4.90 Å². The average molecular weight is 822 g/mol. The van der Waals surface area contributed by atoms with E-state index in [0.717, 1.165) is 17.1 Å². The normalized spacial score (nSPS) is 14.3. The van der Waals surface area contributed by atoms with E-state index in [2.05, 4.69) is 247 Å². The summed E-state index contributed by atoms with van der Waals surface area (Å²) in [7, 11) is 0. The highest BCUT2D eigenvalue weighted by Crippen LogP contribution is 2.63. The van der Waals surface area contributed by atoms with E-state index in [9.17, 15) is 0 Å². The first-order chi connectivity index (χ1) is 31.0. The minimum Gasteiger partial charge on any atom is -0.310 e. The van der Waals surface area contributed by atoms with Gasteiger partial charge in [0.15, 0.2) is 0 Å². The lowest BCUT2D eigenvalue weighted by molar-refractivity contribution is 0.590. The van der Waals surface area contributed by atoms with Crippen LogP contribution in [0.2, 0.25) is 0 Å². The summed E-state index contributed by atoms with van der Waals surface area (Å²) < 4.78 is 0. The van der Waals surface area contributed by atoms with Crippen molar-refractivity contribution in [3.05, 3.63) is 245 Å². The first-order valence-electron chi connectivity index (χ1n) is 22.8. The van der Waals surface area contributed by atoms with Gasteiger partial charge >= 0.3 is 0 Å². The van der Waals surface area contributed by atoms with Crippen LogP contribution in [0.25, 0.3) is 55.6 Å². The number of rotatable bonds is 5. The van der Waals surface area contributed by atoms with E-state index in [0.29, 0.717) is 0 Å². The van der Waals surface area contributed by atoms with E-state index < -0.39 is 5.41 Å². The van der Waals surface area contributed by atoms with Gasteiger partial charge in [-0.15, -0.1) is 0 Å². The molecule has 0 N–H and O–H groups in total. The van der Waals surface area contributed by atoms with Crippen molar-refractivity contribution in [1.82, 2.24) is 0 Å². The van der Waals surface area contributed by atoms with Gasteiger partial charge in [-0.3, -0.25) is 0 Å². The average Bonchev–Trinajstić information content (AvgIpc) is 3.87. The van der Waals surface area contributed by atoms with E-state index in [-0.39, 0.29) is 10.8 Å². The first kappa shape index (κ1) is 38.5. The lowest BCUT2D eigenvalue weighted by Crippen LogP contribution is -2.26. The van der Waals surface area contributed by atoms with Crippen LogP contribution in [0.5, 0.6) is 0 Å². The number of anilines is 3. The lowest BCUT2D eigenvalue weighted by Gasteiger charge is -2.33. The molecule has 64 heavy (non-hydrogen) atoms. The molecule has 0 heterocycles. The van der Waals surface area contributed by atoms with Gasteiger partial charge in [0.1, 0.15) is 0 Å². The van der Waals surface area contributed by atoms with Gasteiger partial charge in [-0.25, -0.2) is 0 Å². The van der Waals surface area contributed by atoms with E-state index in [4.69, 9.17) is 0 Å². The first-order valence-corrected chi connectivity index (χ1v) is 22.8. The molecular formula is C63H51N. The van der Waals surface area contributed by atoms with Crippen molar-refractivity contribution in [3.8, 4) is 55.6 Å². The zero-order valence-electron chi connectivity index (χ0n) is 37.5. The molecule has 0 amide bonds. The Balaban J connectivity index is 1.13. The van der Waals surface area contributed by atoms with E-state index in [1.807, 2.05) is 0 Å². The van der Waals surface area contributed by atoms with Crippen molar-refractivity contribution in [3.63, 3.8) is 0 Å². The molecule has 12 rings (SSSR count). The van der Waals surface area contributed by atoms with Gasteiger partial charge in [-0.1, -0.05) is 198 Å². The van der Waals surface area contributed by atoms with Gasteiger partial charge < -0.3 is 4.90 Å². The smallest absolute Gasteiger partial charge is 0.0726 e. The Hall–Kier alpha value is -7.22. The lowest BCUT2D eigenvalue weighted by atomic mass is 9.70. The highest BCUT2D eigenvalue weighted by atomic mass is 15.1. The molecule has 0 atom stereocenters. The van der Waals surface area contributed by atoms with Crippen LogP contribution in [0.3, 0.4) is 0 Å². The predicted molar refractivity (Wildman–Crippen MR) is 269 cm³/mol. The van der Waals surface area contributed by atoms with Crippen molar-refractivity contribution < 1.29 is 0 Å². The molecule has 9 aromatic rings. The van der Waals surface area contributed by atoms with Crippen molar-refractivity contribution in [2.24, 2.45) is 0 Å². The molecule has 0 unspecified atom stereocenters. The van der Waals surface area contributed by atoms with Crippen LogP contribution in [-0.2, 0) is 16.2 Å². The van der Waals surface area contributed by atoms with Crippen LogP contribution in [0, 0.1) is 6.92 Å². The summed E-state index contributed by atoms with van der Waals surface area (Å²) in [5.74, 6) is 0. The second-order valence-electron chi connectivity index (χ2n) is 19.7. The molecule has 0 radical (unpaired) electrons. The SMILES string of the molecule is Cc1ccccc1-c1cc(-c2ccc(C(C)(C)C)cc2)ccc1N(c1ccc2c(c1)C(C)(C)c1ccccc1-2)c1ccc2c(c1)C1(c3ccccc3-c3ccccc31)c1ccccc1-2. The fraction of sp³-hybridized carbons (Fsp3) is 0.143. The Morgan fingerprint density at radius 3 is 1.34 bits per heavy atom. The zero-order valence-corrected chi connectivity index (χ0v) is 37.5. The van der Waals surface area contributed by atoms with Crippen molar-refractivity contribution in [2.75, 3.05) is 4.90 Å². The molecule has 0 fully saturated rings. The quantitative estimate of drug-likeness (QED) is 0.167. The Kier molecular flexibility index (Phi) is 8.35. The third-order valence-electron chi connectivity index (χ3n) is 14.8. The summed E-state index contributed by atoms with van der Waals surface area (Å²) >= 11 is 0. The number of benzene rings is 9. The molecule has 1 nitrogen and oxygen atoms in total. The number of hydrogen-bond donors (Lipinski definition) is 0. The van der Waals surface area contributed by atoms with Crippen molar-refractivity contribution in [1.29, 1.82) is 0 Å². The number of hydrogen-bond acceptors (Lipinski definition) is 1. The Morgan fingerprint density at radius 1 is 0.359 bits per heavy atom. The molecule has 308 valence electrons. The summed E-state index contributed by atoms with van der Waals surface area (Å²) in [4.78, 5) is 2.55. The molecule has 1 spiro atoms. The Labute approximate surface area is 378 Å². The maximum absolute atomic E-state index is 2.55. The standard InChI is InChI=1S/C63H51N/c1-40-17-7-8-18-46(40)53-37-42(41-27-30-43(31-28-41)61(2,3)4)29-36-60(53)64(44-32-34-51-47-19-9-13-23-54(47)62(5,6)58(51)38-44)45-33-35-52-50-22-12-16-26-57(50)63(59(52)39-45)55-24-14-10-20-48(55)49-21-11-15-25-56(49)63/h7-39H,1-6H3. The van der Waals surface area contributed by atoms with Crippen LogP contribution >= 0.6 is 0 Å². The van der Waals surface area contributed by atoms with Crippen LogP contribution in [-0.4, -0.2) is 0 Å². The third-order valence-corrected chi connectivity index (χ3v) is 14.8. The fourth-order valence-electron chi connectivity index (χ4n) is 11.6. The maximum Gasteiger partial charge on any atom is 0.0726 e. The van der Waals surface area contributed by atoms with Gasteiger partial charge in [-0.2, -0.15) is 0 Å². The molecule has 0 aliphatic heterocycles. The molecule has 3 aliphatic rings. The van der Waals surface area contributed by atoms with Crippen LogP contribution in [0.1, 0.15) is 79.1 Å². The summed E-state index contributed by atoms with van der Waals surface area (Å²) in [6, 6.07) is 76.0. The summed E-state index contributed by atoms with van der Waals surface area (Å²) in [5.41, 5.74) is 26.3. The summed E-state index contributed by atoms with van der Waals surface area (Å²) in [6.45, 7) is 13.9. The second-order valence-corrected chi connectivity index (χ2v) is 19.7. The third kappa shape index (κ3) is 5.43. The van der Waals surface area contributed by atoms with Gasteiger partial charge in [0.2, 0.25) is 0 Å². The van der Waals surface area contributed by atoms with E-state index >= 15 is 0 Å². The highest BCUT2D eigenvalue weighted by Gasteiger charge is 2.51. The fourth-order valence-corrected chi connectivity index (χ4v) is 11.6. The minimum atomic E-state index is -0.454. The van der Waals surface area contributed by atoms with E-state index in [1.54, 1.807) is 0 Å². The molecular weight excluding hydrogens is 771 g/mol. The molecule has 1 heteroatoms. The summed E-state index contributed by atoms with van der Waals surface area (Å²) in [5, 5.41) is 0. The largest absolute Gasteiger partial charge is 0.310 e. The molecule has 0 saturated carbocycles. The van der Waals surface area contributed by atoms with Crippen LogP contribution in [0.15, 0.2) is 200 Å². The number of fused-ring (bicyclic) bond motifs is 13. The predicted octanol–water partition coefficient (Wildman–Crippen LogP) is 16.7. The van der Waals surface area contributed by atoms with E-state index in [1.165, 1.54) is 100 Å². The number of nitrogens with zero attached hydrogens (tertiary/aromatic N) is 1. The van der Waals surface area contributed by atoms with Crippen LogP contribution in [0.4, 0.5) is 17.1 Å². The molecule has 3 aliphatic carbocycles.